The number of hydrogen-bond donors (Lipinski definition) is 2. The second-order valence-corrected chi connectivity index (χ2v) is 5.85. The number of rotatable bonds is 8. The molecule has 0 heterocycles. The first-order valence-corrected chi connectivity index (χ1v) is 8.31. The van der Waals surface area contributed by atoms with Gasteiger partial charge in [0.15, 0.2) is 0 Å². The number of hydrogen-bond acceptors (Lipinski definition) is 3. The summed E-state index contributed by atoms with van der Waals surface area (Å²) in [6, 6.07) is 14.7. The van der Waals surface area contributed by atoms with Crippen LogP contribution in [0, 0.1) is 6.92 Å². The topological polar surface area (TPSA) is 67.4 Å². The van der Waals surface area contributed by atoms with E-state index in [0.717, 1.165) is 12.0 Å². The van der Waals surface area contributed by atoms with E-state index in [2.05, 4.69) is 10.6 Å². The zero-order valence-corrected chi connectivity index (χ0v) is 14.7. The Bertz CT molecular complexity index is 694. The smallest absolute Gasteiger partial charge is 0.251 e. The molecule has 0 radical (unpaired) electrons. The van der Waals surface area contributed by atoms with Crippen molar-refractivity contribution >= 4 is 11.8 Å². The monoisotopic (exact) mass is 340 g/mol. The molecule has 5 nitrogen and oxygen atoms in total. The SMILES string of the molecule is COCCCNC(=O)c1ccc(C(=O)NCc2ccc(C)cc2)cc1. The predicted molar refractivity (Wildman–Crippen MR) is 97.6 cm³/mol. The molecule has 2 aromatic carbocycles. The molecule has 0 aliphatic rings. The first-order chi connectivity index (χ1) is 12.1. The van der Waals surface area contributed by atoms with E-state index in [4.69, 9.17) is 4.74 Å². The van der Waals surface area contributed by atoms with Crippen LogP contribution >= 0.6 is 0 Å². The van der Waals surface area contributed by atoms with Gasteiger partial charge in [0.1, 0.15) is 0 Å². The number of ether oxygens (including phenoxy) is 1. The second-order valence-electron chi connectivity index (χ2n) is 5.85. The molecular formula is C20H24N2O3. The molecule has 0 fully saturated rings. The summed E-state index contributed by atoms with van der Waals surface area (Å²) in [4.78, 5) is 24.2. The molecule has 0 saturated heterocycles. The molecule has 2 aromatic rings. The summed E-state index contributed by atoms with van der Waals surface area (Å²) in [7, 11) is 1.63. The third kappa shape index (κ3) is 6.04. The maximum atomic E-state index is 12.2. The normalized spacial score (nSPS) is 10.3. The van der Waals surface area contributed by atoms with Crippen LogP contribution in [0.25, 0.3) is 0 Å². The van der Waals surface area contributed by atoms with Crippen LogP contribution < -0.4 is 10.6 Å². The van der Waals surface area contributed by atoms with Crippen molar-refractivity contribution < 1.29 is 14.3 Å². The Balaban J connectivity index is 1.84. The van der Waals surface area contributed by atoms with Gasteiger partial charge in [-0.2, -0.15) is 0 Å². The van der Waals surface area contributed by atoms with Gasteiger partial charge in [0.05, 0.1) is 0 Å². The lowest BCUT2D eigenvalue weighted by molar-refractivity contribution is 0.0937. The van der Waals surface area contributed by atoms with Crippen LogP contribution in [0.1, 0.15) is 38.3 Å². The fourth-order valence-electron chi connectivity index (χ4n) is 2.28. The van der Waals surface area contributed by atoms with Crippen LogP contribution in [-0.4, -0.2) is 32.1 Å². The van der Waals surface area contributed by atoms with Crippen molar-refractivity contribution in [1.29, 1.82) is 0 Å². The fourth-order valence-corrected chi connectivity index (χ4v) is 2.28. The van der Waals surface area contributed by atoms with Gasteiger partial charge in [-0.05, 0) is 43.2 Å². The van der Waals surface area contributed by atoms with Crippen molar-refractivity contribution in [3.63, 3.8) is 0 Å². The summed E-state index contributed by atoms with van der Waals surface area (Å²) in [5.41, 5.74) is 3.30. The van der Waals surface area contributed by atoms with Gasteiger partial charge in [0.2, 0.25) is 0 Å². The van der Waals surface area contributed by atoms with Gasteiger partial charge in [-0.3, -0.25) is 9.59 Å². The van der Waals surface area contributed by atoms with E-state index in [0.29, 0.717) is 30.8 Å². The molecule has 2 amide bonds. The van der Waals surface area contributed by atoms with E-state index in [9.17, 15) is 9.59 Å². The van der Waals surface area contributed by atoms with Gasteiger partial charge in [-0.15, -0.1) is 0 Å². The van der Waals surface area contributed by atoms with Crippen molar-refractivity contribution in [3.05, 3.63) is 70.8 Å². The molecule has 132 valence electrons. The minimum absolute atomic E-state index is 0.150. The predicted octanol–water partition coefficient (Wildman–Crippen LogP) is 2.69. The Kier molecular flexibility index (Phi) is 7.16. The average molecular weight is 340 g/mol. The van der Waals surface area contributed by atoms with E-state index < -0.39 is 0 Å². The van der Waals surface area contributed by atoms with Crippen LogP contribution in [0.2, 0.25) is 0 Å². The van der Waals surface area contributed by atoms with Gasteiger partial charge in [-0.1, -0.05) is 29.8 Å². The number of methoxy groups -OCH3 is 1. The van der Waals surface area contributed by atoms with Crippen LogP contribution in [0.4, 0.5) is 0 Å². The highest BCUT2D eigenvalue weighted by Crippen LogP contribution is 2.06. The van der Waals surface area contributed by atoms with Gasteiger partial charge in [0, 0.05) is 37.9 Å². The minimum Gasteiger partial charge on any atom is -0.385 e. The Morgan fingerprint density at radius 1 is 0.880 bits per heavy atom. The number of benzene rings is 2. The maximum Gasteiger partial charge on any atom is 0.251 e. The van der Waals surface area contributed by atoms with E-state index in [1.54, 1.807) is 31.4 Å². The van der Waals surface area contributed by atoms with Gasteiger partial charge in [0.25, 0.3) is 11.8 Å². The number of amides is 2. The van der Waals surface area contributed by atoms with Crippen LogP contribution in [0.15, 0.2) is 48.5 Å². The quantitative estimate of drug-likeness (QED) is 0.726. The van der Waals surface area contributed by atoms with Crippen molar-refractivity contribution in [2.45, 2.75) is 19.9 Å². The Labute approximate surface area is 148 Å². The number of carbonyl (C=O) groups is 2. The lowest BCUT2D eigenvalue weighted by Gasteiger charge is -2.08. The highest BCUT2D eigenvalue weighted by Gasteiger charge is 2.08. The molecule has 0 spiro atoms. The third-order valence-electron chi connectivity index (χ3n) is 3.79. The van der Waals surface area contributed by atoms with E-state index in [1.807, 2.05) is 31.2 Å². The summed E-state index contributed by atoms with van der Waals surface area (Å²) in [5, 5.41) is 5.69. The molecule has 5 heteroatoms. The van der Waals surface area contributed by atoms with Crippen LogP contribution in [0.3, 0.4) is 0 Å². The van der Waals surface area contributed by atoms with Gasteiger partial charge in [-0.25, -0.2) is 0 Å². The van der Waals surface area contributed by atoms with Gasteiger partial charge >= 0.3 is 0 Å². The van der Waals surface area contributed by atoms with E-state index >= 15 is 0 Å². The molecule has 0 saturated carbocycles. The molecule has 0 aromatic heterocycles. The number of carbonyl (C=O) groups excluding carboxylic acids is 2. The van der Waals surface area contributed by atoms with E-state index in [1.165, 1.54) is 5.56 Å². The van der Waals surface area contributed by atoms with Crippen molar-refractivity contribution in [3.8, 4) is 0 Å². The maximum absolute atomic E-state index is 12.2. The summed E-state index contributed by atoms with van der Waals surface area (Å²) in [5.74, 6) is -0.310. The first kappa shape index (κ1) is 18.7. The van der Waals surface area contributed by atoms with Crippen molar-refractivity contribution in [2.75, 3.05) is 20.3 Å². The molecule has 2 rings (SSSR count). The Morgan fingerprint density at radius 2 is 1.44 bits per heavy atom. The van der Waals surface area contributed by atoms with Crippen LogP contribution in [0.5, 0.6) is 0 Å². The van der Waals surface area contributed by atoms with Crippen molar-refractivity contribution in [2.24, 2.45) is 0 Å². The largest absolute Gasteiger partial charge is 0.385 e. The Morgan fingerprint density at radius 3 is 2.00 bits per heavy atom. The molecule has 0 atom stereocenters. The summed E-state index contributed by atoms with van der Waals surface area (Å²) in [6.45, 7) is 3.67. The zero-order chi connectivity index (χ0) is 18.1. The average Bonchev–Trinajstić information content (AvgIpc) is 2.64. The summed E-state index contributed by atoms with van der Waals surface area (Å²) in [6.07, 6.45) is 0.766. The highest BCUT2D eigenvalue weighted by atomic mass is 16.5. The zero-order valence-electron chi connectivity index (χ0n) is 14.7. The Hall–Kier alpha value is -2.66. The lowest BCUT2D eigenvalue weighted by Crippen LogP contribution is -2.26. The molecule has 0 aliphatic heterocycles. The molecule has 2 N–H and O–H groups in total. The summed E-state index contributed by atoms with van der Waals surface area (Å²) < 4.78 is 4.94. The third-order valence-corrected chi connectivity index (χ3v) is 3.79. The minimum atomic E-state index is -0.160. The highest BCUT2D eigenvalue weighted by molar-refractivity contribution is 5.97. The van der Waals surface area contributed by atoms with E-state index in [-0.39, 0.29) is 11.8 Å². The molecule has 0 aliphatic carbocycles. The molecule has 25 heavy (non-hydrogen) atoms. The first-order valence-electron chi connectivity index (χ1n) is 8.31. The summed E-state index contributed by atoms with van der Waals surface area (Å²) >= 11 is 0. The van der Waals surface area contributed by atoms with Crippen LogP contribution in [-0.2, 0) is 11.3 Å². The van der Waals surface area contributed by atoms with Gasteiger partial charge < -0.3 is 15.4 Å². The lowest BCUT2D eigenvalue weighted by atomic mass is 10.1. The molecule has 0 unspecified atom stereocenters. The number of nitrogens with one attached hydrogen (secondary N) is 2. The second kappa shape index (κ2) is 9.59. The standard InChI is InChI=1S/C20H24N2O3/c1-15-4-6-16(7-5-15)14-22-20(24)18-10-8-17(9-11-18)19(23)21-12-3-13-25-2/h4-11H,3,12-14H2,1-2H3,(H,21,23)(H,22,24). The fraction of sp³-hybridized carbons (Fsp3) is 0.300. The van der Waals surface area contributed by atoms with Crippen molar-refractivity contribution in [1.82, 2.24) is 10.6 Å². The number of aryl methyl sites for hydroxylation is 1. The molecule has 0 bridgehead atoms. The molecular weight excluding hydrogens is 316 g/mol.